The van der Waals surface area contributed by atoms with Crippen molar-refractivity contribution in [2.75, 3.05) is 5.32 Å². The molecule has 2 heterocycles. The number of nitrogens with one attached hydrogen (secondary N) is 1. The SMILES string of the molecule is CC(C)(C)C1CCc2c(sc3ncn(CC(=O)Nc4ccccc4C(F)(F)F)c(=O)c23)C1. The van der Waals surface area contributed by atoms with E-state index in [0.717, 1.165) is 40.3 Å². The van der Waals surface area contributed by atoms with Gasteiger partial charge in [-0.1, -0.05) is 32.9 Å². The summed E-state index contributed by atoms with van der Waals surface area (Å²) in [6.45, 7) is 6.24. The first-order valence-corrected chi connectivity index (χ1v) is 11.2. The van der Waals surface area contributed by atoms with Crippen molar-refractivity contribution in [3.8, 4) is 0 Å². The Morgan fingerprint density at radius 1 is 1.25 bits per heavy atom. The molecule has 4 rings (SSSR count). The average molecular weight is 464 g/mol. The number of aryl methyl sites for hydroxylation is 1. The third-order valence-electron chi connectivity index (χ3n) is 6.08. The van der Waals surface area contributed by atoms with Crippen molar-refractivity contribution >= 4 is 33.1 Å². The van der Waals surface area contributed by atoms with E-state index in [1.807, 2.05) is 0 Å². The number of aromatic nitrogens is 2. The number of thiophene rings is 1. The number of halogens is 3. The Bertz CT molecular complexity index is 1240. The van der Waals surface area contributed by atoms with Gasteiger partial charge in [-0.15, -0.1) is 11.3 Å². The van der Waals surface area contributed by atoms with Gasteiger partial charge in [-0.3, -0.25) is 14.2 Å². The number of anilines is 1. The highest BCUT2D eigenvalue weighted by Gasteiger charge is 2.34. The molecule has 9 heteroatoms. The Kier molecular flexibility index (Phi) is 5.65. The van der Waals surface area contributed by atoms with Crippen LogP contribution in [0.5, 0.6) is 0 Å². The second-order valence-corrected chi connectivity index (χ2v) is 10.3. The summed E-state index contributed by atoms with van der Waals surface area (Å²) in [5, 5.41) is 2.81. The van der Waals surface area contributed by atoms with Crippen molar-refractivity contribution in [1.29, 1.82) is 0 Å². The van der Waals surface area contributed by atoms with Crippen molar-refractivity contribution in [3.63, 3.8) is 0 Å². The van der Waals surface area contributed by atoms with Gasteiger partial charge in [0.15, 0.2) is 0 Å². The highest BCUT2D eigenvalue weighted by atomic mass is 32.1. The summed E-state index contributed by atoms with van der Waals surface area (Å²) in [5.74, 6) is -0.202. The first kappa shape index (κ1) is 22.5. The zero-order chi connectivity index (χ0) is 23.3. The molecule has 1 aliphatic carbocycles. The molecule has 0 fully saturated rings. The van der Waals surface area contributed by atoms with Gasteiger partial charge in [-0.25, -0.2) is 4.98 Å². The molecule has 1 N–H and O–H groups in total. The topological polar surface area (TPSA) is 64.0 Å². The molecule has 170 valence electrons. The molecule has 0 saturated heterocycles. The lowest BCUT2D eigenvalue weighted by Crippen LogP contribution is -2.29. The first-order chi connectivity index (χ1) is 14.9. The van der Waals surface area contributed by atoms with E-state index in [9.17, 15) is 22.8 Å². The Hall–Kier alpha value is -2.68. The fourth-order valence-electron chi connectivity index (χ4n) is 4.24. The molecule has 0 saturated carbocycles. The molecule has 1 aromatic carbocycles. The zero-order valence-corrected chi connectivity index (χ0v) is 18.9. The van der Waals surface area contributed by atoms with Crippen LogP contribution in [0, 0.1) is 11.3 Å². The van der Waals surface area contributed by atoms with Crippen LogP contribution in [-0.2, 0) is 30.4 Å². The van der Waals surface area contributed by atoms with Gasteiger partial charge in [0.2, 0.25) is 5.91 Å². The van der Waals surface area contributed by atoms with Crippen LogP contribution in [0.2, 0.25) is 0 Å². The van der Waals surface area contributed by atoms with Gasteiger partial charge in [0, 0.05) is 4.88 Å². The minimum atomic E-state index is -4.60. The highest BCUT2D eigenvalue weighted by molar-refractivity contribution is 7.18. The maximum absolute atomic E-state index is 13.2. The third-order valence-corrected chi connectivity index (χ3v) is 7.24. The van der Waals surface area contributed by atoms with E-state index < -0.39 is 24.2 Å². The van der Waals surface area contributed by atoms with Crippen LogP contribution in [0.1, 0.15) is 43.2 Å². The van der Waals surface area contributed by atoms with Gasteiger partial charge in [0.1, 0.15) is 11.4 Å². The first-order valence-electron chi connectivity index (χ1n) is 10.4. The Balaban J connectivity index is 1.60. The van der Waals surface area contributed by atoms with Gasteiger partial charge in [-0.05, 0) is 48.3 Å². The summed E-state index contributed by atoms with van der Waals surface area (Å²) in [6, 6.07) is 4.75. The molecule has 0 spiro atoms. The number of amides is 1. The number of para-hydroxylation sites is 1. The largest absolute Gasteiger partial charge is 0.418 e. The standard InChI is InChI=1S/C23H24F3N3O2S/c1-22(2,3)13-8-9-14-17(10-13)32-20-19(14)21(31)29(12-27-20)11-18(30)28-16-7-5-4-6-15(16)23(24,25)26/h4-7,12-13H,8-11H2,1-3H3,(H,28,30). The van der Waals surface area contributed by atoms with E-state index in [-0.39, 0.29) is 16.7 Å². The van der Waals surface area contributed by atoms with Crippen molar-refractivity contribution < 1.29 is 18.0 Å². The number of fused-ring (bicyclic) bond motifs is 3. The second kappa shape index (κ2) is 8.03. The van der Waals surface area contributed by atoms with E-state index in [4.69, 9.17) is 0 Å². The maximum atomic E-state index is 13.2. The quantitative estimate of drug-likeness (QED) is 0.576. The summed E-state index contributed by atoms with van der Waals surface area (Å²) < 4.78 is 40.7. The minimum absolute atomic E-state index is 0.173. The zero-order valence-electron chi connectivity index (χ0n) is 18.0. The number of carbonyl (C=O) groups is 1. The van der Waals surface area contributed by atoms with Crippen LogP contribution < -0.4 is 10.9 Å². The highest BCUT2D eigenvalue weighted by Crippen LogP contribution is 2.42. The summed E-state index contributed by atoms with van der Waals surface area (Å²) in [4.78, 5) is 31.8. The van der Waals surface area contributed by atoms with Crippen LogP contribution in [0.4, 0.5) is 18.9 Å². The Morgan fingerprint density at radius 3 is 2.66 bits per heavy atom. The summed E-state index contributed by atoms with van der Waals surface area (Å²) in [5.41, 5.74) is -0.435. The molecule has 5 nitrogen and oxygen atoms in total. The number of hydrogen-bond donors (Lipinski definition) is 1. The predicted molar refractivity (Wildman–Crippen MR) is 119 cm³/mol. The average Bonchev–Trinajstić information content (AvgIpc) is 3.07. The number of alkyl halides is 3. The van der Waals surface area contributed by atoms with Gasteiger partial charge in [0.05, 0.1) is 23.0 Å². The smallest absolute Gasteiger partial charge is 0.324 e. The van der Waals surface area contributed by atoms with E-state index in [1.165, 1.54) is 35.9 Å². The molecular weight excluding hydrogens is 439 g/mol. The third kappa shape index (κ3) is 4.30. The molecule has 1 unspecified atom stereocenters. The van der Waals surface area contributed by atoms with Crippen LogP contribution in [0.15, 0.2) is 35.4 Å². The van der Waals surface area contributed by atoms with Gasteiger partial charge in [-0.2, -0.15) is 13.2 Å². The molecule has 1 atom stereocenters. The number of benzene rings is 1. The Morgan fingerprint density at radius 2 is 1.97 bits per heavy atom. The molecule has 32 heavy (non-hydrogen) atoms. The summed E-state index contributed by atoms with van der Waals surface area (Å²) in [6.07, 6.45) is -0.645. The van der Waals surface area contributed by atoms with Crippen LogP contribution in [0.3, 0.4) is 0 Å². The molecule has 1 aliphatic rings. The van der Waals surface area contributed by atoms with Crippen molar-refractivity contribution in [2.24, 2.45) is 11.3 Å². The minimum Gasteiger partial charge on any atom is -0.324 e. The van der Waals surface area contributed by atoms with E-state index in [0.29, 0.717) is 16.1 Å². The molecule has 0 aliphatic heterocycles. The predicted octanol–water partition coefficient (Wildman–Crippen LogP) is 5.27. The van der Waals surface area contributed by atoms with Crippen LogP contribution in [-0.4, -0.2) is 15.5 Å². The van der Waals surface area contributed by atoms with E-state index in [2.05, 4.69) is 31.1 Å². The van der Waals surface area contributed by atoms with Crippen LogP contribution in [0.25, 0.3) is 10.2 Å². The summed E-state index contributed by atoms with van der Waals surface area (Å²) >= 11 is 1.52. The number of rotatable bonds is 3. The maximum Gasteiger partial charge on any atom is 0.418 e. The Labute approximate surface area is 187 Å². The number of carbonyl (C=O) groups excluding carboxylic acids is 1. The molecule has 1 amide bonds. The monoisotopic (exact) mass is 463 g/mol. The van der Waals surface area contributed by atoms with Crippen LogP contribution >= 0.6 is 11.3 Å². The van der Waals surface area contributed by atoms with Crippen molar-refractivity contribution in [2.45, 2.75) is 52.8 Å². The lowest BCUT2D eigenvalue weighted by molar-refractivity contribution is -0.137. The van der Waals surface area contributed by atoms with Gasteiger partial charge < -0.3 is 5.32 Å². The van der Waals surface area contributed by atoms with E-state index >= 15 is 0 Å². The molecular formula is C23H24F3N3O2S. The number of nitrogens with zero attached hydrogens (tertiary/aromatic N) is 2. The lowest BCUT2D eigenvalue weighted by Gasteiger charge is -2.33. The summed E-state index contributed by atoms with van der Waals surface area (Å²) in [7, 11) is 0. The van der Waals surface area contributed by atoms with Crippen molar-refractivity contribution in [3.05, 3.63) is 57.0 Å². The van der Waals surface area contributed by atoms with E-state index in [1.54, 1.807) is 0 Å². The van der Waals surface area contributed by atoms with Gasteiger partial charge in [0.25, 0.3) is 5.56 Å². The molecule has 0 bridgehead atoms. The second-order valence-electron chi connectivity index (χ2n) is 9.26. The van der Waals surface area contributed by atoms with Crippen molar-refractivity contribution in [1.82, 2.24) is 9.55 Å². The lowest BCUT2D eigenvalue weighted by atomic mass is 9.72. The molecule has 3 aromatic rings. The molecule has 2 aromatic heterocycles. The fourth-order valence-corrected chi connectivity index (χ4v) is 5.49. The fraction of sp³-hybridized carbons (Fsp3) is 0.435. The molecule has 0 radical (unpaired) electrons. The van der Waals surface area contributed by atoms with Gasteiger partial charge >= 0.3 is 6.18 Å². The number of hydrogen-bond acceptors (Lipinski definition) is 4. The normalized spacial score (nSPS) is 16.8.